The Balaban J connectivity index is 1.30. The molecule has 0 radical (unpaired) electrons. The third-order valence-electron chi connectivity index (χ3n) is 5.06. The Morgan fingerprint density at radius 2 is 2.08 bits per heavy atom. The maximum Gasteiger partial charge on any atom is 0.229 e. The first-order valence-electron chi connectivity index (χ1n) is 8.77. The molecule has 25 heavy (non-hydrogen) atoms. The molecule has 4 rings (SSSR count). The van der Waals surface area contributed by atoms with Crippen molar-refractivity contribution in [3.8, 4) is 0 Å². The van der Waals surface area contributed by atoms with Crippen molar-refractivity contribution in [2.45, 2.75) is 44.3 Å². The molecule has 1 saturated carbocycles. The number of nitrogens with zero attached hydrogens (tertiary/aromatic N) is 4. The summed E-state index contributed by atoms with van der Waals surface area (Å²) in [5.74, 6) is 0.408. The maximum absolute atomic E-state index is 13.3. The van der Waals surface area contributed by atoms with E-state index < -0.39 is 11.6 Å². The van der Waals surface area contributed by atoms with Crippen molar-refractivity contribution in [1.29, 1.82) is 0 Å². The van der Waals surface area contributed by atoms with Crippen molar-refractivity contribution in [3.63, 3.8) is 0 Å². The van der Waals surface area contributed by atoms with Crippen molar-refractivity contribution < 1.29 is 13.3 Å². The van der Waals surface area contributed by atoms with Crippen LogP contribution in [0.4, 0.5) is 8.78 Å². The Hall–Kier alpha value is -1.86. The second kappa shape index (κ2) is 6.80. The summed E-state index contributed by atoms with van der Waals surface area (Å²) in [5, 5.41) is 4.07. The fourth-order valence-electron chi connectivity index (χ4n) is 3.39. The van der Waals surface area contributed by atoms with E-state index in [-0.39, 0.29) is 0 Å². The number of likely N-dealkylation sites (N-methyl/N-ethyl adjacent to an activating group) is 1. The van der Waals surface area contributed by atoms with Gasteiger partial charge in [-0.2, -0.15) is 4.98 Å². The largest absolute Gasteiger partial charge is 0.339 e. The monoisotopic (exact) mass is 348 g/mol. The molecule has 1 aromatic heterocycles. The molecule has 0 N–H and O–H groups in total. The normalized spacial score (nSPS) is 21.4. The Kier molecular flexibility index (Phi) is 4.52. The molecule has 1 atom stereocenters. The van der Waals surface area contributed by atoms with E-state index in [4.69, 9.17) is 4.52 Å². The van der Waals surface area contributed by atoms with E-state index in [1.54, 1.807) is 6.07 Å². The summed E-state index contributed by atoms with van der Waals surface area (Å²) < 4.78 is 31.7. The lowest BCUT2D eigenvalue weighted by Crippen LogP contribution is -2.34. The van der Waals surface area contributed by atoms with E-state index in [9.17, 15) is 8.78 Å². The van der Waals surface area contributed by atoms with Crippen LogP contribution >= 0.6 is 0 Å². The van der Waals surface area contributed by atoms with E-state index in [1.165, 1.54) is 12.1 Å². The van der Waals surface area contributed by atoms with Gasteiger partial charge in [0.25, 0.3) is 0 Å². The molecule has 1 saturated heterocycles. The average molecular weight is 348 g/mol. The van der Waals surface area contributed by atoms with Gasteiger partial charge in [0.15, 0.2) is 17.5 Å². The van der Waals surface area contributed by atoms with Gasteiger partial charge in [-0.05, 0) is 44.0 Å². The highest BCUT2D eigenvalue weighted by molar-refractivity contribution is 5.18. The van der Waals surface area contributed by atoms with E-state index in [2.05, 4.69) is 27.0 Å². The summed E-state index contributed by atoms with van der Waals surface area (Å²) in [6.07, 6.45) is 3.34. The Bertz CT molecular complexity index is 746. The third kappa shape index (κ3) is 3.88. The van der Waals surface area contributed by atoms with Gasteiger partial charge in [-0.15, -0.1) is 0 Å². The first-order valence-corrected chi connectivity index (χ1v) is 8.77. The van der Waals surface area contributed by atoms with Gasteiger partial charge in [0.1, 0.15) is 0 Å². The minimum Gasteiger partial charge on any atom is -0.339 e. The van der Waals surface area contributed by atoms with Crippen molar-refractivity contribution in [3.05, 3.63) is 47.1 Å². The quantitative estimate of drug-likeness (QED) is 0.803. The highest BCUT2D eigenvalue weighted by Gasteiger charge is 2.31. The second-order valence-electron chi connectivity index (χ2n) is 7.16. The molecular weight excluding hydrogens is 326 g/mol. The Morgan fingerprint density at radius 3 is 2.84 bits per heavy atom. The first kappa shape index (κ1) is 16.6. The number of hydrogen-bond donors (Lipinski definition) is 0. The minimum atomic E-state index is -0.798. The molecule has 0 unspecified atom stereocenters. The molecule has 2 aromatic rings. The molecule has 5 nitrogen and oxygen atoms in total. The summed E-state index contributed by atoms with van der Waals surface area (Å²) >= 11 is 0. The van der Waals surface area contributed by atoms with Gasteiger partial charge in [-0.1, -0.05) is 11.2 Å². The van der Waals surface area contributed by atoms with Gasteiger partial charge in [0.2, 0.25) is 5.89 Å². The van der Waals surface area contributed by atoms with E-state index in [0.29, 0.717) is 25.0 Å². The van der Waals surface area contributed by atoms with E-state index in [1.807, 2.05) is 0 Å². The number of aromatic nitrogens is 2. The molecule has 0 amide bonds. The lowest BCUT2D eigenvalue weighted by atomic mass is 10.2. The summed E-state index contributed by atoms with van der Waals surface area (Å²) in [6, 6.07) is 4.52. The topological polar surface area (TPSA) is 45.4 Å². The number of benzene rings is 1. The van der Waals surface area contributed by atoms with Gasteiger partial charge >= 0.3 is 0 Å². The predicted octanol–water partition coefficient (Wildman–Crippen LogP) is 2.93. The summed E-state index contributed by atoms with van der Waals surface area (Å²) in [4.78, 5) is 8.98. The van der Waals surface area contributed by atoms with Crippen LogP contribution in [0, 0.1) is 11.6 Å². The Morgan fingerprint density at radius 1 is 1.24 bits per heavy atom. The second-order valence-corrected chi connectivity index (χ2v) is 7.16. The van der Waals surface area contributed by atoms with Gasteiger partial charge < -0.3 is 4.52 Å². The van der Waals surface area contributed by atoms with E-state index in [0.717, 1.165) is 49.6 Å². The van der Waals surface area contributed by atoms with Crippen molar-refractivity contribution in [2.24, 2.45) is 0 Å². The minimum absolute atomic E-state index is 0.396. The number of rotatable bonds is 6. The summed E-state index contributed by atoms with van der Waals surface area (Å²) in [6.45, 7) is 3.13. The maximum atomic E-state index is 13.3. The van der Waals surface area contributed by atoms with Gasteiger partial charge in [0, 0.05) is 31.6 Å². The van der Waals surface area contributed by atoms with Gasteiger partial charge in [-0.3, -0.25) is 9.80 Å². The highest BCUT2D eigenvalue weighted by Crippen LogP contribution is 2.38. The van der Waals surface area contributed by atoms with Crippen LogP contribution < -0.4 is 0 Å². The van der Waals surface area contributed by atoms with Crippen LogP contribution in [0.5, 0.6) is 0 Å². The van der Waals surface area contributed by atoms with Gasteiger partial charge in [-0.25, -0.2) is 8.78 Å². The highest BCUT2D eigenvalue weighted by atomic mass is 19.2. The zero-order valence-corrected chi connectivity index (χ0v) is 14.3. The predicted molar refractivity (Wildman–Crippen MR) is 87.8 cm³/mol. The molecular formula is C18H22F2N4O. The number of hydrogen-bond acceptors (Lipinski definition) is 5. The number of halogens is 2. The van der Waals surface area contributed by atoms with E-state index >= 15 is 0 Å². The van der Waals surface area contributed by atoms with Crippen LogP contribution in [-0.2, 0) is 13.1 Å². The van der Waals surface area contributed by atoms with Crippen LogP contribution in [0.1, 0.15) is 42.5 Å². The molecule has 1 aromatic carbocycles. The van der Waals surface area contributed by atoms with Crippen molar-refractivity contribution in [2.75, 3.05) is 20.1 Å². The standard InChI is InChI=1S/C18H22F2N4O/c1-23(11-17-21-18(25-22-17)13-3-4-13)14-6-7-24(10-14)9-12-2-5-15(19)16(20)8-12/h2,5,8,13-14H,3-4,6-7,9-11H2,1H3/t14-/m1/s1. The molecule has 134 valence electrons. The zero-order chi connectivity index (χ0) is 17.4. The number of likely N-dealkylation sites (tertiary alicyclic amines) is 1. The van der Waals surface area contributed by atoms with Crippen LogP contribution in [0.15, 0.2) is 22.7 Å². The van der Waals surface area contributed by atoms with Crippen molar-refractivity contribution >= 4 is 0 Å². The smallest absolute Gasteiger partial charge is 0.229 e. The van der Waals surface area contributed by atoms with Crippen LogP contribution in [0.25, 0.3) is 0 Å². The fraction of sp³-hybridized carbons (Fsp3) is 0.556. The molecule has 1 aliphatic carbocycles. The SMILES string of the molecule is CN(Cc1noc(C2CC2)n1)[C@@H]1CCN(Cc2ccc(F)c(F)c2)C1. The molecule has 2 heterocycles. The molecule has 2 aliphatic rings. The Labute approximate surface area is 145 Å². The van der Waals surface area contributed by atoms with Crippen LogP contribution in [0.2, 0.25) is 0 Å². The molecule has 1 aliphatic heterocycles. The summed E-state index contributed by atoms with van der Waals surface area (Å²) in [5.41, 5.74) is 0.800. The van der Waals surface area contributed by atoms with Gasteiger partial charge in [0.05, 0.1) is 6.54 Å². The third-order valence-corrected chi connectivity index (χ3v) is 5.06. The lowest BCUT2D eigenvalue weighted by Gasteiger charge is -2.23. The molecule has 0 bridgehead atoms. The first-order chi connectivity index (χ1) is 12.1. The summed E-state index contributed by atoms with van der Waals surface area (Å²) in [7, 11) is 2.07. The van der Waals surface area contributed by atoms with Crippen molar-refractivity contribution in [1.82, 2.24) is 19.9 Å². The lowest BCUT2D eigenvalue weighted by molar-refractivity contribution is 0.215. The fourth-order valence-corrected chi connectivity index (χ4v) is 3.39. The molecule has 2 fully saturated rings. The average Bonchev–Trinajstić information content (AvgIpc) is 3.15. The molecule has 0 spiro atoms. The van der Waals surface area contributed by atoms with Crippen LogP contribution in [-0.4, -0.2) is 46.1 Å². The molecule has 7 heteroatoms. The zero-order valence-electron chi connectivity index (χ0n) is 14.3. The van der Waals surface area contributed by atoms with Crippen LogP contribution in [0.3, 0.4) is 0 Å².